The lowest BCUT2D eigenvalue weighted by molar-refractivity contribution is 0.612. The summed E-state index contributed by atoms with van der Waals surface area (Å²) in [6.45, 7) is 0. The number of hydrogen-bond donors (Lipinski definition) is 0. The van der Waals surface area contributed by atoms with Crippen LogP contribution >= 0.6 is 11.7 Å². The Balaban J connectivity index is 0.909. The number of hydrogen-bond acceptors (Lipinski definition) is 9. The summed E-state index contributed by atoms with van der Waals surface area (Å²) in [5, 5.41) is 0. The smallest absolute Gasteiger partial charge is 0.311 e. The molecule has 0 fully saturated rings. The Morgan fingerprint density at radius 3 is 1.05 bits per heavy atom. The van der Waals surface area contributed by atoms with Crippen LogP contribution in [0.5, 0.6) is 0 Å². The van der Waals surface area contributed by atoms with Crippen LogP contribution in [0.1, 0.15) is 22.3 Å². The topological polar surface area (TPSA) is 101 Å². The van der Waals surface area contributed by atoms with Gasteiger partial charge in [0, 0.05) is 57.8 Å². The molecule has 0 N–H and O–H groups in total. The van der Waals surface area contributed by atoms with E-state index in [0.29, 0.717) is 11.0 Å². The molecule has 7 aromatic carbocycles. The van der Waals surface area contributed by atoms with Crippen LogP contribution in [0.15, 0.2) is 158 Å². The maximum Gasteiger partial charge on any atom is 0.359 e. The highest BCUT2D eigenvalue weighted by Crippen LogP contribution is 2.38. The van der Waals surface area contributed by atoms with Crippen molar-refractivity contribution < 1.29 is 16.8 Å². The lowest BCUT2D eigenvalue weighted by Crippen LogP contribution is -2.54. The molecule has 3 heterocycles. The van der Waals surface area contributed by atoms with Crippen molar-refractivity contribution >= 4 is 110 Å². The Hall–Kier alpha value is -6.89. The van der Waals surface area contributed by atoms with Gasteiger partial charge in [0.05, 0.1) is 22.9 Å². The highest BCUT2D eigenvalue weighted by atomic mass is 32.2. The molecule has 292 valence electrons. The predicted molar refractivity (Wildman–Crippen MR) is 251 cm³/mol. The van der Waals surface area contributed by atoms with Crippen molar-refractivity contribution in [2.45, 2.75) is 0 Å². The van der Waals surface area contributed by atoms with E-state index in [-0.39, 0.29) is 0 Å². The molecule has 10 rings (SSSR count). The summed E-state index contributed by atoms with van der Waals surface area (Å²) in [4.78, 5) is 4.21. The fourth-order valence-corrected chi connectivity index (χ4v) is 11.7. The van der Waals surface area contributed by atoms with Gasteiger partial charge < -0.3 is 9.80 Å². The molecule has 0 radical (unpaired) electrons. The van der Waals surface area contributed by atoms with Gasteiger partial charge in [-0.2, -0.15) is 8.75 Å². The van der Waals surface area contributed by atoms with Gasteiger partial charge >= 0.3 is 12.0 Å². The summed E-state index contributed by atoms with van der Waals surface area (Å²) in [6.07, 6.45) is 2.59. The third-order valence-corrected chi connectivity index (χ3v) is 14.3. The maximum absolute atomic E-state index is 13.0. The van der Waals surface area contributed by atoms with Crippen LogP contribution in [0.4, 0.5) is 34.1 Å². The molecule has 0 saturated heterocycles. The zero-order valence-corrected chi connectivity index (χ0v) is 35.3. The van der Waals surface area contributed by atoms with Crippen LogP contribution in [-0.4, -0.2) is 50.1 Å². The highest BCUT2D eigenvalue weighted by Gasteiger charge is 2.42. The highest BCUT2D eigenvalue weighted by molar-refractivity contribution is 8.21. The second-order valence-corrected chi connectivity index (χ2v) is 19.8. The average molecular weight is 847 g/mol. The molecule has 0 unspecified atom stereocenters. The third-order valence-electron chi connectivity index (χ3n) is 11.0. The Labute approximate surface area is 359 Å². The van der Waals surface area contributed by atoms with E-state index in [1.54, 1.807) is 0 Å². The maximum atomic E-state index is 13.0. The fourth-order valence-electron chi connectivity index (χ4n) is 8.46. The third kappa shape index (κ3) is 6.87. The molecule has 8 aromatic rings. The molecule has 0 aliphatic carbocycles. The quantitative estimate of drug-likeness (QED) is 0.149. The van der Waals surface area contributed by atoms with Gasteiger partial charge in [-0.3, -0.25) is 0 Å². The van der Waals surface area contributed by atoms with Crippen molar-refractivity contribution in [3.63, 3.8) is 0 Å². The first-order valence-electron chi connectivity index (χ1n) is 19.4. The monoisotopic (exact) mass is 846 g/mol. The van der Waals surface area contributed by atoms with Crippen molar-refractivity contribution in [3.8, 4) is 23.7 Å². The predicted octanol–water partition coefficient (Wildman–Crippen LogP) is 6.36. The van der Waals surface area contributed by atoms with Gasteiger partial charge in [-0.15, -0.1) is 0 Å². The first kappa shape index (κ1) is 38.3. The molecule has 2 aliphatic heterocycles. The van der Waals surface area contributed by atoms with E-state index in [4.69, 9.17) is 0 Å². The summed E-state index contributed by atoms with van der Waals surface area (Å²) in [5.74, 6) is 11.7. The Bertz CT molecular complexity index is 3100. The van der Waals surface area contributed by atoms with Gasteiger partial charge in [-0.1, -0.05) is 96.5 Å². The number of nitrogens with zero attached hydrogens (tertiary/aromatic N) is 4. The summed E-state index contributed by atoms with van der Waals surface area (Å²) in [6, 6.07) is 50.4. The van der Waals surface area contributed by atoms with Crippen LogP contribution in [0.2, 0.25) is 0 Å². The van der Waals surface area contributed by atoms with E-state index < -0.39 is 31.4 Å². The normalized spacial score (nSPS) is 13.0. The summed E-state index contributed by atoms with van der Waals surface area (Å²) in [5.41, 5.74) is 12.6. The van der Waals surface area contributed by atoms with Crippen LogP contribution in [0.25, 0.3) is 11.0 Å². The number of para-hydroxylation sites is 4. The molecule has 1 aromatic heterocycles. The van der Waals surface area contributed by atoms with Gasteiger partial charge in [0.1, 0.15) is 30.4 Å². The van der Waals surface area contributed by atoms with Gasteiger partial charge in [-0.05, 0) is 107 Å². The first-order chi connectivity index (χ1) is 29.5. The second kappa shape index (κ2) is 15.0. The molecular weight excluding hydrogens is 814 g/mol. The Morgan fingerprint density at radius 1 is 0.426 bits per heavy atom. The molecule has 0 atom stereocenters. The Morgan fingerprint density at radius 2 is 0.738 bits per heavy atom. The summed E-state index contributed by atoms with van der Waals surface area (Å²) < 4.78 is 61.3. The zero-order valence-electron chi connectivity index (χ0n) is 32.8. The summed E-state index contributed by atoms with van der Waals surface area (Å²) in [7, 11) is -6.86. The van der Waals surface area contributed by atoms with Crippen molar-refractivity contribution in [2.24, 2.45) is 0 Å². The van der Waals surface area contributed by atoms with Gasteiger partial charge in [0.2, 0.25) is 0 Å². The van der Waals surface area contributed by atoms with E-state index >= 15 is 0 Å². The van der Waals surface area contributed by atoms with Crippen LogP contribution in [0.3, 0.4) is 0 Å². The second-order valence-electron chi connectivity index (χ2n) is 15.0. The van der Waals surface area contributed by atoms with Gasteiger partial charge in [0.25, 0.3) is 0 Å². The van der Waals surface area contributed by atoms with E-state index in [2.05, 4.69) is 42.2 Å². The largest absolute Gasteiger partial charge is 0.359 e. The minimum absolute atomic E-state index is 0.688. The van der Waals surface area contributed by atoms with Crippen LogP contribution < -0.4 is 31.7 Å². The molecule has 13 heteroatoms. The fraction of sp³-hybridized carbons (Fsp3) is 0.0417. The van der Waals surface area contributed by atoms with Gasteiger partial charge in [0.15, 0.2) is 0 Å². The van der Waals surface area contributed by atoms with E-state index in [1.165, 1.54) is 12.5 Å². The lowest BCUT2D eigenvalue weighted by Gasteiger charge is -2.35. The standard InChI is InChI=1S/C48H32B2N4O4S3/c1-60(55,56)49-39-11-3-7-15-43(39)53(44-16-8-4-12-40(44)49)37-29-21-33(22-30-37)19-25-35-27-28-36(48-47(35)51-59-52-48)26-20-34-23-31-38(32-24-34)54-45-17-9-5-13-41(45)50(61(2,57)58)42-14-6-10-18-46(42)54/h3-18,21-24,27-32H,1-2H3. The van der Waals surface area contributed by atoms with Crippen LogP contribution in [0, 0.1) is 23.7 Å². The number of anilines is 6. The van der Waals surface area contributed by atoms with Crippen molar-refractivity contribution in [1.82, 2.24) is 8.75 Å². The van der Waals surface area contributed by atoms with Crippen LogP contribution in [-0.2, 0) is 19.4 Å². The molecule has 0 spiro atoms. The summed E-state index contributed by atoms with van der Waals surface area (Å²) >= 11 is 1.12. The number of benzene rings is 7. The van der Waals surface area contributed by atoms with Crippen molar-refractivity contribution in [1.29, 1.82) is 0 Å². The molecule has 0 amide bonds. The molecule has 8 nitrogen and oxygen atoms in total. The number of fused-ring (bicyclic) bond motifs is 5. The Kier molecular flexibility index (Phi) is 9.41. The molecule has 0 saturated carbocycles. The minimum Gasteiger partial charge on any atom is -0.311 e. The SMILES string of the molecule is CS(=O)(=O)B1c2ccccc2N(c2ccc(C#Cc3ccc(C#Cc4ccc(N5c6ccccc6B(S(C)(=O)=O)c6ccccc65)cc4)c4nsnc34)cc2)c2ccccc21. The van der Waals surface area contributed by atoms with Crippen molar-refractivity contribution in [3.05, 3.63) is 180 Å². The van der Waals surface area contributed by atoms with E-state index in [9.17, 15) is 16.8 Å². The molecule has 2 aliphatic rings. The molecule has 61 heavy (non-hydrogen) atoms. The van der Waals surface area contributed by atoms with Gasteiger partial charge in [-0.25, -0.2) is 16.8 Å². The first-order valence-corrected chi connectivity index (χ1v) is 24.0. The van der Waals surface area contributed by atoms with Crippen molar-refractivity contribution in [2.75, 3.05) is 22.3 Å². The zero-order chi connectivity index (χ0) is 41.9. The molecular formula is C48H32B2N4O4S3. The average Bonchev–Trinajstić information content (AvgIpc) is 3.77. The van der Waals surface area contributed by atoms with E-state index in [0.717, 1.165) is 90.0 Å². The molecule has 0 bridgehead atoms. The van der Waals surface area contributed by atoms with E-state index in [1.807, 2.05) is 158 Å². The minimum atomic E-state index is -3.43. The number of aromatic nitrogens is 2. The number of rotatable bonds is 4. The lowest BCUT2D eigenvalue weighted by atomic mass is 9.58.